The normalized spacial score (nSPS) is 10.6. The zero-order valence-corrected chi connectivity index (χ0v) is 18.8. The molecule has 1 heterocycles. The van der Waals surface area contributed by atoms with E-state index in [1.54, 1.807) is 45.2 Å². The molecular formula is C22H25ClN2O6. The van der Waals surface area contributed by atoms with Crippen LogP contribution in [-0.4, -0.2) is 44.4 Å². The van der Waals surface area contributed by atoms with Gasteiger partial charge in [-0.1, -0.05) is 11.6 Å². The van der Waals surface area contributed by atoms with Crippen LogP contribution in [0.1, 0.15) is 46.0 Å². The van der Waals surface area contributed by atoms with Crippen LogP contribution >= 0.6 is 11.6 Å². The highest BCUT2D eigenvalue weighted by Crippen LogP contribution is 2.36. The number of nitrogens with one attached hydrogen (secondary N) is 1. The maximum atomic E-state index is 12.4. The van der Waals surface area contributed by atoms with Gasteiger partial charge in [0, 0.05) is 12.3 Å². The molecule has 9 heteroatoms. The molecule has 1 aromatic heterocycles. The van der Waals surface area contributed by atoms with E-state index in [1.165, 1.54) is 20.3 Å². The summed E-state index contributed by atoms with van der Waals surface area (Å²) in [5.74, 6) is -0.155. The van der Waals surface area contributed by atoms with Gasteiger partial charge in [0.2, 0.25) is 0 Å². The van der Waals surface area contributed by atoms with Gasteiger partial charge in [-0.15, -0.1) is 0 Å². The summed E-state index contributed by atoms with van der Waals surface area (Å²) in [4.78, 5) is 29.0. The van der Waals surface area contributed by atoms with E-state index >= 15 is 0 Å². The molecule has 1 N–H and O–H groups in total. The quantitative estimate of drug-likeness (QED) is 0.560. The number of methoxy groups -OCH3 is 2. The molecule has 2 rings (SSSR count). The average molecular weight is 449 g/mol. The highest BCUT2D eigenvalue weighted by atomic mass is 35.5. The fourth-order valence-corrected chi connectivity index (χ4v) is 2.96. The van der Waals surface area contributed by atoms with Crippen LogP contribution < -0.4 is 14.8 Å². The minimum Gasteiger partial charge on any atom is -0.495 e. The molecular weight excluding hydrogens is 424 g/mol. The smallest absolute Gasteiger partial charge is 0.340 e. The lowest BCUT2D eigenvalue weighted by molar-refractivity contribution is 0.0523. The van der Waals surface area contributed by atoms with E-state index in [4.69, 9.17) is 30.5 Å². The minimum atomic E-state index is -0.592. The van der Waals surface area contributed by atoms with E-state index in [1.807, 2.05) is 0 Å². The molecule has 166 valence electrons. The zero-order chi connectivity index (χ0) is 23.0. The highest BCUT2D eigenvalue weighted by molar-refractivity contribution is 6.32. The number of pyridine rings is 1. The fourth-order valence-electron chi connectivity index (χ4n) is 2.72. The van der Waals surface area contributed by atoms with Crippen molar-refractivity contribution < 1.29 is 28.5 Å². The Morgan fingerprint density at radius 2 is 1.61 bits per heavy atom. The Balaban J connectivity index is 2.40. The van der Waals surface area contributed by atoms with Gasteiger partial charge >= 0.3 is 11.9 Å². The molecule has 0 spiro atoms. The van der Waals surface area contributed by atoms with Gasteiger partial charge in [0.05, 0.1) is 60.7 Å². The average Bonchev–Trinajstić information content (AvgIpc) is 2.74. The Hall–Kier alpha value is -3.26. The molecule has 1 aromatic carbocycles. The van der Waals surface area contributed by atoms with Crippen LogP contribution in [0, 0.1) is 6.92 Å². The highest BCUT2D eigenvalue weighted by Gasteiger charge is 2.20. The van der Waals surface area contributed by atoms with Crippen molar-refractivity contribution in [1.82, 2.24) is 4.98 Å². The van der Waals surface area contributed by atoms with E-state index in [-0.39, 0.29) is 24.3 Å². The second-order valence-electron chi connectivity index (χ2n) is 6.16. The summed E-state index contributed by atoms with van der Waals surface area (Å²) in [6.45, 7) is 5.46. The second-order valence-corrected chi connectivity index (χ2v) is 6.57. The summed E-state index contributed by atoms with van der Waals surface area (Å²) in [7, 11) is 3.04. The predicted octanol–water partition coefficient (Wildman–Crippen LogP) is 4.50. The van der Waals surface area contributed by atoms with Gasteiger partial charge < -0.3 is 24.3 Å². The third-order valence-electron chi connectivity index (χ3n) is 4.19. The number of carbonyl (C=O) groups is 2. The van der Waals surface area contributed by atoms with E-state index in [0.29, 0.717) is 33.6 Å². The summed E-state index contributed by atoms with van der Waals surface area (Å²) in [5.41, 5.74) is 1.69. The summed E-state index contributed by atoms with van der Waals surface area (Å²) in [5, 5.41) is 3.45. The van der Waals surface area contributed by atoms with Crippen molar-refractivity contribution in [2.75, 3.05) is 32.8 Å². The number of anilines is 1. The number of aromatic nitrogens is 1. The third kappa shape index (κ3) is 5.88. The van der Waals surface area contributed by atoms with Gasteiger partial charge in [-0.05, 0) is 39.0 Å². The molecule has 0 saturated carbocycles. The molecule has 0 saturated heterocycles. The van der Waals surface area contributed by atoms with Gasteiger partial charge in [0.1, 0.15) is 11.5 Å². The number of esters is 2. The predicted molar refractivity (Wildman–Crippen MR) is 118 cm³/mol. The number of hydrogen-bond donors (Lipinski definition) is 1. The van der Waals surface area contributed by atoms with Crippen molar-refractivity contribution >= 4 is 35.3 Å². The number of halogens is 1. The van der Waals surface area contributed by atoms with Crippen molar-refractivity contribution in [3.63, 3.8) is 0 Å². The number of carbonyl (C=O) groups excluding carboxylic acids is 2. The number of rotatable bonds is 9. The van der Waals surface area contributed by atoms with Crippen LogP contribution in [0.15, 0.2) is 24.4 Å². The Kier molecular flexibility index (Phi) is 8.69. The third-order valence-corrected chi connectivity index (χ3v) is 4.48. The molecule has 2 aromatic rings. The van der Waals surface area contributed by atoms with Crippen molar-refractivity contribution in [2.45, 2.75) is 20.8 Å². The molecule has 0 aliphatic carbocycles. The Bertz CT molecular complexity index is 990. The molecule has 0 amide bonds. The number of hydrogen-bond acceptors (Lipinski definition) is 8. The Morgan fingerprint density at radius 1 is 1.00 bits per heavy atom. The largest absolute Gasteiger partial charge is 0.495 e. The van der Waals surface area contributed by atoms with Crippen molar-refractivity contribution in [2.24, 2.45) is 0 Å². The first-order valence-corrected chi connectivity index (χ1v) is 9.94. The van der Waals surface area contributed by atoms with E-state index in [9.17, 15) is 9.59 Å². The summed E-state index contributed by atoms with van der Waals surface area (Å²) in [6, 6.07) is 4.74. The summed E-state index contributed by atoms with van der Waals surface area (Å²) < 4.78 is 20.7. The Labute approximate surface area is 186 Å². The first-order valence-electron chi connectivity index (χ1n) is 9.56. The van der Waals surface area contributed by atoms with Gasteiger partial charge in [-0.25, -0.2) is 9.59 Å². The SMILES string of the molecule is CCOC(=O)c1cc(C(=O)OCC)c(/C=C\Nc2cc(Cl)c(OC)cc2OC)nc1C. The molecule has 0 atom stereocenters. The lowest BCUT2D eigenvalue weighted by Crippen LogP contribution is -2.14. The lowest BCUT2D eigenvalue weighted by atomic mass is 10.1. The maximum Gasteiger partial charge on any atom is 0.340 e. The molecule has 8 nitrogen and oxygen atoms in total. The molecule has 0 unspecified atom stereocenters. The number of aryl methyl sites for hydroxylation is 1. The van der Waals surface area contributed by atoms with Gasteiger partial charge in [-0.3, -0.25) is 4.98 Å². The first kappa shape index (κ1) is 24.0. The van der Waals surface area contributed by atoms with Crippen LogP contribution in [0.4, 0.5) is 5.69 Å². The standard InChI is InChI=1S/C22H25ClN2O6/c1-6-30-21(26)14-10-15(22(27)31-7-2)17(25-13(14)3)8-9-24-18-11-16(23)19(28-4)12-20(18)29-5/h8-12,24H,6-7H2,1-5H3/b9-8-. The van der Waals surface area contributed by atoms with E-state index in [0.717, 1.165) is 0 Å². The molecule has 0 aliphatic heterocycles. The number of ether oxygens (including phenoxy) is 4. The fraction of sp³-hybridized carbons (Fsp3) is 0.318. The first-order chi connectivity index (χ1) is 14.9. The summed E-state index contributed by atoms with van der Waals surface area (Å²) in [6.07, 6.45) is 3.17. The van der Waals surface area contributed by atoms with Crippen LogP contribution in [0.2, 0.25) is 5.02 Å². The lowest BCUT2D eigenvalue weighted by Gasteiger charge is -2.12. The van der Waals surface area contributed by atoms with Crippen LogP contribution in [0.3, 0.4) is 0 Å². The van der Waals surface area contributed by atoms with Crippen LogP contribution in [0.25, 0.3) is 6.08 Å². The Morgan fingerprint density at radius 3 is 2.19 bits per heavy atom. The van der Waals surface area contributed by atoms with Gasteiger partial charge in [0.15, 0.2) is 0 Å². The molecule has 0 bridgehead atoms. The minimum absolute atomic E-state index is 0.147. The van der Waals surface area contributed by atoms with Crippen molar-refractivity contribution in [3.05, 3.63) is 51.9 Å². The monoisotopic (exact) mass is 448 g/mol. The van der Waals surface area contributed by atoms with E-state index in [2.05, 4.69) is 10.3 Å². The molecule has 0 fully saturated rings. The molecule has 31 heavy (non-hydrogen) atoms. The van der Waals surface area contributed by atoms with Crippen molar-refractivity contribution in [1.29, 1.82) is 0 Å². The van der Waals surface area contributed by atoms with Gasteiger partial charge in [0.25, 0.3) is 0 Å². The number of nitrogens with zero attached hydrogens (tertiary/aromatic N) is 1. The van der Waals surface area contributed by atoms with Gasteiger partial charge in [-0.2, -0.15) is 0 Å². The van der Waals surface area contributed by atoms with E-state index < -0.39 is 11.9 Å². The second kappa shape index (κ2) is 11.2. The van der Waals surface area contributed by atoms with Crippen molar-refractivity contribution in [3.8, 4) is 11.5 Å². The topological polar surface area (TPSA) is 96.0 Å². The van der Waals surface area contributed by atoms with Crippen LogP contribution in [-0.2, 0) is 9.47 Å². The summed E-state index contributed by atoms with van der Waals surface area (Å²) >= 11 is 6.19. The zero-order valence-electron chi connectivity index (χ0n) is 18.1. The molecule has 0 radical (unpaired) electrons. The number of benzene rings is 1. The maximum absolute atomic E-state index is 12.4. The molecule has 0 aliphatic rings. The van der Waals surface area contributed by atoms with Crippen LogP contribution in [0.5, 0.6) is 11.5 Å².